The fraction of sp³-hybridized carbons (Fsp3) is 0.381. The number of rotatable bonds is 8. The van der Waals surface area contributed by atoms with Crippen LogP contribution < -0.4 is 15.8 Å². The lowest BCUT2D eigenvalue weighted by molar-refractivity contribution is -0.119. The third-order valence-corrected chi connectivity index (χ3v) is 3.92. The van der Waals surface area contributed by atoms with Crippen molar-refractivity contribution >= 4 is 24.0 Å². The first-order valence-electron chi connectivity index (χ1n) is 8.77. The van der Waals surface area contributed by atoms with E-state index in [1.54, 1.807) is 0 Å². The maximum absolute atomic E-state index is 12.2. The van der Waals surface area contributed by atoms with Gasteiger partial charge < -0.3 is 20.5 Å². The monoisotopic (exact) mass is 392 g/mol. The largest absolute Gasteiger partial charge is 0.491 e. The molecule has 2 aromatic rings. The van der Waals surface area contributed by atoms with Crippen LogP contribution in [-0.4, -0.2) is 25.2 Å². The molecule has 0 bridgehead atoms. The number of benzene rings is 2. The lowest BCUT2D eigenvalue weighted by atomic mass is 9.87. The van der Waals surface area contributed by atoms with E-state index < -0.39 is 6.04 Å². The molecule has 0 aliphatic carbocycles. The molecule has 0 aliphatic rings. The van der Waals surface area contributed by atoms with E-state index in [1.807, 2.05) is 75.4 Å². The molecule has 0 unspecified atom stereocenters. The number of amides is 1. The summed E-state index contributed by atoms with van der Waals surface area (Å²) in [5.41, 5.74) is 7.40. The molecule has 1 amide bonds. The highest BCUT2D eigenvalue weighted by molar-refractivity contribution is 5.95. The van der Waals surface area contributed by atoms with Crippen LogP contribution in [0.1, 0.15) is 26.3 Å². The number of carbonyl (C=O) groups excluding carboxylic acids is 1. The van der Waals surface area contributed by atoms with Crippen LogP contribution in [0.5, 0.6) is 5.75 Å². The van der Waals surface area contributed by atoms with Crippen molar-refractivity contribution in [3.05, 3.63) is 60.2 Å². The lowest BCUT2D eigenvalue weighted by Gasteiger charge is -2.25. The van der Waals surface area contributed by atoms with E-state index in [0.717, 1.165) is 17.0 Å². The van der Waals surface area contributed by atoms with Crippen molar-refractivity contribution in [3.63, 3.8) is 0 Å². The Hall–Kier alpha value is -2.08. The van der Waals surface area contributed by atoms with Gasteiger partial charge in [-0.25, -0.2) is 0 Å². The first-order valence-corrected chi connectivity index (χ1v) is 8.77. The number of hydrogen-bond acceptors (Lipinski definition) is 4. The number of carbonyl (C=O) groups is 1. The molecule has 0 radical (unpaired) electrons. The van der Waals surface area contributed by atoms with Crippen molar-refractivity contribution < 1.29 is 14.3 Å². The van der Waals surface area contributed by atoms with Crippen molar-refractivity contribution in [2.45, 2.75) is 33.4 Å². The SMILES string of the molecule is CC(C)(C)[C@H](N)C(=O)Nc1cccc(COCCOc2ccccc2)c1.Cl. The van der Waals surface area contributed by atoms with Crippen molar-refractivity contribution in [2.24, 2.45) is 11.1 Å². The van der Waals surface area contributed by atoms with Gasteiger partial charge in [-0.1, -0.05) is 51.1 Å². The van der Waals surface area contributed by atoms with Crippen molar-refractivity contribution in [1.29, 1.82) is 0 Å². The Morgan fingerprint density at radius 2 is 1.78 bits per heavy atom. The van der Waals surface area contributed by atoms with Gasteiger partial charge in [0.15, 0.2) is 0 Å². The molecular weight excluding hydrogens is 364 g/mol. The zero-order valence-corrected chi connectivity index (χ0v) is 16.9. The standard InChI is InChI=1S/C21H28N2O3.ClH/c1-21(2,3)19(22)20(24)23-17-9-7-8-16(14-17)15-25-12-13-26-18-10-5-4-6-11-18;/h4-11,14,19H,12-13,15,22H2,1-3H3,(H,23,24);1H/t19-;/m1./s1. The lowest BCUT2D eigenvalue weighted by Crippen LogP contribution is -2.45. The minimum atomic E-state index is -0.572. The number of nitrogens with two attached hydrogens (primary N) is 1. The molecule has 5 nitrogen and oxygen atoms in total. The third-order valence-electron chi connectivity index (χ3n) is 3.92. The van der Waals surface area contributed by atoms with E-state index in [4.69, 9.17) is 15.2 Å². The normalized spacial score (nSPS) is 12.0. The molecule has 2 rings (SSSR count). The third kappa shape index (κ3) is 7.99. The van der Waals surface area contributed by atoms with Gasteiger partial charge in [-0.15, -0.1) is 12.4 Å². The summed E-state index contributed by atoms with van der Waals surface area (Å²) in [6.45, 7) is 7.26. The Labute approximate surface area is 167 Å². The van der Waals surface area contributed by atoms with Gasteiger partial charge in [-0.3, -0.25) is 4.79 Å². The molecular formula is C21H29ClN2O3. The number of hydrogen-bond donors (Lipinski definition) is 2. The summed E-state index contributed by atoms with van der Waals surface area (Å²) in [5.74, 6) is 0.642. The average molecular weight is 393 g/mol. The summed E-state index contributed by atoms with van der Waals surface area (Å²) in [7, 11) is 0. The number of ether oxygens (including phenoxy) is 2. The van der Waals surface area contributed by atoms with E-state index >= 15 is 0 Å². The zero-order chi connectivity index (χ0) is 19.0. The van der Waals surface area contributed by atoms with E-state index in [-0.39, 0.29) is 23.7 Å². The number of nitrogens with one attached hydrogen (secondary N) is 1. The van der Waals surface area contributed by atoms with Crippen LogP contribution >= 0.6 is 12.4 Å². The van der Waals surface area contributed by atoms with E-state index in [0.29, 0.717) is 19.8 Å². The molecule has 148 valence electrons. The van der Waals surface area contributed by atoms with Gasteiger partial charge >= 0.3 is 0 Å². The maximum Gasteiger partial charge on any atom is 0.241 e. The molecule has 0 aromatic heterocycles. The van der Waals surface area contributed by atoms with Gasteiger partial charge in [-0.2, -0.15) is 0 Å². The Bertz CT molecular complexity index is 702. The molecule has 0 fully saturated rings. The summed E-state index contributed by atoms with van der Waals surface area (Å²) in [6, 6.07) is 16.6. The van der Waals surface area contributed by atoms with Crippen LogP contribution in [0.2, 0.25) is 0 Å². The summed E-state index contributed by atoms with van der Waals surface area (Å²) in [5, 5.41) is 2.87. The van der Waals surface area contributed by atoms with Gasteiger partial charge in [-0.05, 0) is 35.2 Å². The van der Waals surface area contributed by atoms with Gasteiger partial charge in [0.2, 0.25) is 5.91 Å². The molecule has 0 saturated carbocycles. The Morgan fingerprint density at radius 3 is 2.44 bits per heavy atom. The van der Waals surface area contributed by atoms with E-state index in [9.17, 15) is 4.79 Å². The quantitative estimate of drug-likeness (QED) is 0.665. The van der Waals surface area contributed by atoms with Gasteiger partial charge in [0, 0.05) is 5.69 Å². The highest BCUT2D eigenvalue weighted by Gasteiger charge is 2.27. The number of anilines is 1. The number of halogens is 1. The number of para-hydroxylation sites is 1. The second-order valence-corrected chi connectivity index (χ2v) is 7.25. The van der Waals surface area contributed by atoms with Crippen LogP contribution in [0.3, 0.4) is 0 Å². The van der Waals surface area contributed by atoms with Crippen LogP contribution in [-0.2, 0) is 16.1 Å². The fourth-order valence-corrected chi connectivity index (χ4v) is 2.28. The molecule has 0 saturated heterocycles. The molecule has 0 heterocycles. The minimum absolute atomic E-state index is 0. The fourth-order valence-electron chi connectivity index (χ4n) is 2.28. The Kier molecular flexibility index (Phi) is 9.29. The maximum atomic E-state index is 12.2. The van der Waals surface area contributed by atoms with Crippen LogP contribution in [0, 0.1) is 5.41 Å². The summed E-state index contributed by atoms with van der Waals surface area (Å²) < 4.78 is 11.2. The highest BCUT2D eigenvalue weighted by Crippen LogP contribution is 2.19. The molecule has 2 aromatic carbocycles. The summed E-state index contributed by atoms with van der Waals surface area (Å²) >= 11 is 0. The predicted octanol–water partition coefficient (Wildman–Crippen LogP) is 4.02. The molecule has 0 spiro atoms. The molecule has 27 heavy (non-hydrogen) atoms. The average Bonchev–Trinajstić information content (AvgIpc) is 2.61. The first kappa shape index (κ1) is 23.0. The van der Waals surface area contributed by atoms with Crippen molar-refractivity contribution in [2.75, 3.05) is 18.5 Å². The zero-order valence-electron chi connectivity index (χ0n) is 16.1. The van der Waals surface area contributed by atoms with Crippen LogP contribution in [0.25, 0.3) is 0 Å². The van der Waals surface area contributed by atoms with Crippen molar-refractivity contribution in [3.8, 4) is 5.75 Å². The van der Waals surface area contributed by atoms with Crippen LogP contribution in [0.15, 0.2) is 54.6 Å². The molecule has 3 N–H and O–H groups in total. The van der Waals surface area contributed by atoms with Gasteiger partial charge in [0.25, 0.3) is 0 Å². The Balaban J connectivity index is 0.00000364. The Morgan fingerprint density at radius 1 is 1.07 bits per heavy atom. The minimum Gasteiger partial charge on any atom is -0.491 e. The van der Waals surface area contributed by atoms with E-state index in [2.05, 4.69) is 5.32 Å². The second-order valence-electron chi connectivity index (χ2n) is 7.25. The van der Waals surface area contributed by atoms with E-state index in [1.165, 1.54) is 0 Å². The smallest absolute Gasteiger partial charge is 0.241 e. The summed E-state index contributed by atoms with van der Waals surface area (Å²) in [4.78, 5) is 12.2. The van der Waals surface area contributed by atoms with Gasteiger partial charge in [0.05, 0.1) is 19.3 Å². The molecule has 6 heteroatoms. The topological polar surface area (TPSA) is 73.6 Å². The molecule has 0 aliphatic heterocycles. The second kappa shape index (κ2) is 10.9. The van der Waals surface area contributed by atoms with Crippen molar-refractivity contribution in [1.82, 2.24) is 0 Å². The van der Waals surface area contributed by atoms with Crippen LogP contribution in [0.4, 0.5) is 5.69 Å². The summed E-state index contributed by atoms with van der Waals surface area (Å²) in [6.07, 6.45) is 0. The molecule has 1 atom stereocenters. The predicted molar refractivity (Wildman–Crippen MR) is 111 cm³/mol. The first-order chi connectivity index (χ1) is 12.4. The van der Waals surface area contributed by atoms with Gasteiger partial charge in [0.1, 0.15) is 12.4 Å². The highest BCUT2D eigenvalue weighted by atomic mass is 35.5.